The van der Waals surface area contributed by atoms with Crippen LogP contribution in [0.25, 0.3) is 5.69 Å². The lowest BCUT2D eigenvalue weighted by Gasteiger charge is -2.10. The molecule has 0 amide bonds. The van der Waals surface area contributed by atoms with Crippen LogP contribution < -0.4 is 0 Å². The van der Waals surface area contributed by atoms with Gasteiger partial charge in [-0.25, -0.2) is 0 Å². The minimum Gasteiger partial charge on any atom is -0.390 e. The highest BCUT2D eigenvalue weighted by molar-refractivity contribution is 9.10. The van der Waals surface area contributed by atoms with Crippen LogP contribution in [0.4, 0.5) is 0 Å². The molecule has 78 valence electrons. The molecule has 0 spiro atoms. The van der Waals surface area contributed by atoms with Crippen LogP contribution in [0.5, 0.6) is 0 Å². The molecule has 2 nitrogen and oxygen atoms in total. The van der Waals surface area contributed by atoms with Crippen molar-refractivity contribution >= 4 is 15.9 Å². The summed E-state index contributed by atoms with van der Waals surface area (Å²) in [5.41, 5.74) is 3.18. The Bertz CT molecular complexity index is 476. The predicted octanol–water partition coefficient (Wildman–Crippen LogP) is 3.04. The van der Waals surface area contributed by atoms with E-state index in [-0.39, 0.29) is 6.61 Å². The molecule has 0 saturated heterocycles. The van der Waals surface area contributed by atoms with Crippen LogP contribution in [0, 0.1) is 6.92 Å². The lowest BCUT2D eigenvalue weighted by atomic mass is 10.2. The summed E-state index contributed by atoms with van der Waals surface area (Å²) in [5.74, 6) is 0. The van der Waals surface area contributed by atoms with Gasteiger partial charge in [-0.15, -0.1) is 0 Å². The average molecular weight is 266 g/mol. The van der Waals surface area contributed by atoms with Gasteiger partial charge in [-0.1, -0.05) is 15.9 Å². The quantitative estimate of drug-likeness (QED) is 0.888. The normalized spacial score (nSPS) is 10.6. The first-order chi connectivity index (χ1) is 7.22. The summed E-state index contributed by atoms with van der Waals surface area (Å²) in [6.45, 7) is 2.11. The van der Waals surface area contributed by atoms with Gasteiger partial charge < -0.3 is 9.67 Å². The Labute approximate surface area is 97.3 Å². The van der Waals surface area contributed by atoms with Crippen molar-refractivity contribution in [3.8, 4) is 5.69 Å². The Morgan fingerprint density at radius 3 is 2.80 bits per heavy atom. The van der Waals surface area contributed by atoms with E-state index in [2.05, 4.69) is 28.9 Å². The second-order valence-electron chi connectivity index (χ2n) is 3.46. The molecule has 0 bridgehead atoms. The zero-order valence-electron chi connectivity index (χ0n) is 8.44. The number of aliphatic hydroxyl groups is 1. The molecule has 0 unspecified atom stereocenters. The molecule has 2 rings (SSSR count). The maximum absolute atomic E-state index is 9.18. The fraction of sp³-hybridized carbons (Fsp3) is 0.167. The van der Waals surface area contributed by atoms with E-state index in [0.29, 0.717) is 0 Å². The first-order valence-electron chi connectivity index (χ1n) is 4.76. The van der Waals surface area contributed by atoms with Crippen molar-refractivity contribution in [2.24, 2.45) is 0 Å². The predicted molar refractivity (Wildman–Crippen MR) is 64.1 cm³/mol. The molecule has 0 aliphatic carbocycles. The third-order valence-electron chi connectivity index (χ3n) is 2.41. The van der Waals surface area contributed by atoms with E-state index in [1.54, 1.807) is 0 Å². The zero-order valence-corrected chi connectivity index (χ0v) is 10.0. The molecular formula is C12H12BrNO. The van der Waals surface area contributed by atoms with E-state index >= 15 is 0 Å². The van der Waals surface area contributed by atoms with Gasteiger partial charge >= 0.3 is 0 Å². The van der Waals surface area contributed by atoms with Crippen molar-refractivity contribution in [1.29, 1.82) is 0 Å². The van der Waals surface area contributed by atoms with Gasteiger partial charge in [0, 0.05) is 22.1 Å². The fourth-order valence-corrected chi connectivity index (χ4v) is 2.14. The molecule has 1 N–H and O–H groups in total. The average Bonchev–Trinajstić information content (AvgIpc) is 2.65. The van der Waals surface area contributed by atoms with Crippen LogP contribution in [0.1, 0.15) is 11.3 Å². The lowest BCUT2D eigenvalue weighted by Crippen LogP contribution is -2.00. The third-order valence-corrected chi connectivity index (χ3v) is 2.91. The number of aryl methyl sites for hydroxylation is 1. The largest absolute Gasteiger partial charge is 0.390 e. The molecule has 3 heteroatoms. The number of aromatic nitrogens is 1. The van der Waals surface area contributed by atoms with Gasteiger partial charge in [0.15, 0.2) is 0 Å². The molecule has 1 aromatic carbocycles. The smallest absolute Gasteiger partial charge is 0.0836 e. The minimum atomic E-state index is 0.0580. The van der Waals surface area contributed by atoms with Crippen LogP contribution in [-0.2, 0) is 6.61 Å². The van der Waals surface area contributed by atoms with Gasteiger partial charge in [-0.3, -0.25) is 0 Å². The molecule has 1 aromatic heterocycles. The van der Waals surface area contributed by atoms with E-state index in [1.165, 1.54) is 5.56 Å². The highest BCUT2D eigenvalue weighted by Crippen LogP contribution is 2.21. The molecule has 15 heavy (non-hydrogen) atoms. The minimum absolute atomic E-state index is 0.0580. The Hall–Kier alpha value is -1.06. The standard InChI is InChI=1S/C12H12BrNO/c1-9-7-10(13)4-5-12(9)14-6-2-3-11(14)8-15/h2-7,15H,8H2,1H3. The lowest BCUT2D eigenvalue weighted by molar-refractivity contribution is 0.274. The maximum Gasteiger partial charge on any atom is 0.0836 e. The van der Waals surface area contributed by atoms with Crippen LogP contribution in [0.2, 0.25) is 0 Å². The summed E-state index contributed by atoms with van der Waals surface area (Å²) in [5, 5.41) is 9.18. The first kappa shape index (κ1) is 10.5. The van der Waals surface area contributed by atoms with Crippen LogP contribution in [0.15, 0.2) is 41.0 Å². The number of nitrogens with zero attached hydrogens (tertiary/aromatic N) is 1. The van der Waals surface area contributed by atoms with Gasteiger partial charge in [0.2, 0.25) is 0 Å². The third kappa shape index (κ3) is 1.98. The van der Waals surface area contributed by atoms with E-state index in [1.807, 2.05) is 35.0 Å². The Kier molecular flexibility index (Phi) is 2.93. The molecule has 0 aliphatic rings. The van der Waals surface area contributed by atoms with Gasteiger partial charge in [0.25, 0.3) is 0 Å². The molecule has 0 aliphatic heterocycles. The number of rotatable bonds is 2. The van der Waals surface area contributed by atoms with E-state index in [0.717, 1.165) is 15.9 Å². The second kappa shape index (κ2) is 4.21. The van der Waals surface area contributed by atoms with Crippen LogP contribution in [-0.4, -0.2) is 9.67 Å². The Balaban J connectivity index is 2.54. The number of benzene rings is 1. The zero-order chi connectivity index (χ0) is 10.8. The monoisotopic (exact) mass is 265 g/mol. The Morgan fingerprint density at radius 1 is 1.33 bits per heavy atom. The van der Waals surface area contributed by atoms with Crippen molar-refractivity contribution in [3.63, 3.8) is 0 Å². The highest BCUT2D eigenvalue weighted by Gasteiger charge is 2.04. The second-order valence-corrected chi connectivity index (χ2v) is 4.37. The number of halogens is 1. The highest BCUT2D eigenvalue weighted by atomic mass is 79.9. The number of hydrogen-bond acceptors (Lipinski definition) is 1. The summed E-state index contributed by atoms with van der Waals surface area (Å²) in [6, 6.07) is 9.97. The first-order valence-corrected chi connectivity index (χ1v) is 5.55. The van der Waals surface area contributed by atoms with Crippen molar-refractivity contribution in [3.05, 3.63) is 52.3 Å². The van der Waals surface area contributed by atoms with Crippen molar-refractivity contribution < 1.29 is 5.11 Å². The molecule has 0 atom stereocenters. The van der Waals surface area contributed by atoms with Gasteiger partial charge in [0.1, 0.15) is 0 Å². The molecular weight excluding hydrogens is 254 g/mol. The SMILES string of the molecule is Cc1cc(Br)ccc1-n1cccc1CO. The van der Waals surface area contributed by atoms with E-state index < -0.39 is 0 Å². The Morgan fingerprint density at radius 2 is 2.13 bits per heavy atom. The molecule has 2 aromatic rings. The van der Waals surface area contributed by atoms with E-state index in [9.17, 15) is 5.11 Å². The number of aliphatic hydroxyl groups excluding tert-OH is 1. The van der Waals surface area contributed by atoms with Crippen molar-refractivity contribution in [2.45, 2.75) is 13.5 Å². The molecule has 0 saturated carbocycles. The van der Waals surface area contributed by atoms with E-state index in [4.69, 9.17) is 0 Å². The molecule has 0 radical (unpaired) electrons. The summed E-state index contributed by atoms with van der Waals surface area (Å²) in [7, 11) is 0. The maximum atomic E-state index is 9.18. The summed E-state index contributed by atoms with van der Waals surface area (Å²) in [6.07, 6.45) is 1.96. The van der Waals surface area contributed by atoms with Crippen molar-refractivity contribution in [2.75, 3.05) is 0 Å². The van der Waals surface area contributed by atoms with Gasteiger partial charge in [-0.2, -0.15) is 0 Å². The summed E-state index contributed by atoms with van der Waals surface area (Å²) in [4.78, 5) is 0. The van der Waals surface area contributed by atoms with Gasteiger partial charge in [0.05, 0.1) is 6.61 Å². The summed E-state index contributed by atoms with van der Waals surface area (Å²) >= 11 is 3.44. The van der Waals surface area contributed by atoms with Crippen LogP contribution >= 0.6 is 15.9 Å². The van der Waals surface area contributed by atoms with Crippen LogP contribution in [0.3, 0.4) is 0 Å². The van der Waals surface area contributed by atoms with Gasteiger partial charge in [-0.05, 0) is 42.8 Å². The fourth-order valence-electron chi connectivity index (χ4n) is 1.67. The summed E-state index contributed by atoms with van der Waals surface area (Å²) < 4.78 is 3.07. The number of hydrogen-bond donors (Lipinski definition) is 1. The molecule has 0 fully saturated rings. The van der Waals surface area contributed by atoms with Crippen molar-refractivity contribution in [1.82, 2.24) is 4.57 Å². The topological polar surface area (TPSA) is 25.2 Å². The molecule has 1 heterocycles.